The highest BCUT2D eigenvalue weighted by Crippen LogP contribution is 2.19. The molecule has 4 nitrogen and oxygen atoms in total. The number of halogens is 1. The fraction of sp³-hybridized carbons (Fsp3) is 0.385. The normalized spacial score (nSPS) is 19.9. The summed E-state index contributed by atoms with van der Waals surface area (Å²) in [6, 6.07) is 4.15. The van der Waals surface area contributed by atoms with Gasteiger partial charge in [-0.1, -0.05) is 15.9 Å². The molecule has 1 saturated heterocycles. The molecule has 1 aliphatic rings. The number of H-pyrrole nitrogens is 1. The van der Waals surface area contributed by atoms with Gasteiger partial charge in [0.25, 0.3) is 0 Å². The number of nitrogens with zero attached hydrogens (tertiary/aromatic N) is 2. The van der Waals surface area contributed by atoms with E-state index >= 15 is 0 Å². The van der Waals surface area contributed by atoms with E-state index in [9.17, 15) is 4.79 Å². The van der Waals surface area contributed by atoms with Crippen molar-refractivity contribution in [2.45, 2.75) is 17.7 Å². The number of fused-ring (bicyclic) bond motifs is 1. The fourth-order valence-electron chi connectivity index (χ4n) is 2.33. The van der Waals surface area contributed by atoms with Gasteiger partial charge < -0.3 is 9.88 Å². The first-order chi connectivity index (χ1) is 8.72. The monoisotopic (exact) mass is 307 g/mol. The van der Waals surface area contributed by atoms with Gasteiger partial charge in [0.1, 0.15) is 5.65 Å². The number of aromatic amines is 1. The van der Waals surface area contributed by atoms with E-state index in [1.165, 1.54) is 5.56 Å². The summed E-state index contributed by atoms with van der Waals surface area (Å²) >= 11 is 3.49. The zero-order valence-corrected chi connectivity index (χ0v) is 11.5. The molecule has 3 heterocycles. The van der Waals surface area contributed by atoms with E-state index in [1.807, 2.05) is 23.4 Å². The van der Waals surface area contributed by atoms with Crippen molar-refractivity contribution < 1.29 is 4.79 Å². The predicted molar refractivity (Wildman–Crippen MR) is 73.7 cm³/mol. The van der Waals surface area contributed by atoms with Crippen LogP contribution in [0.15, 0.2) is 24.5 Å². The van der Waals surface area contributed by atoms with Gasteiger partial charge in [-0.3, -0.25) is 4.79 Å². The van der Waals surface area contributed by atoms with E-state index in [0.29, 0.717) is 11.2 Å². The number of likely N-dealkylation sites (tertiary alicyclic amines) is 1. The predicted octanol–water partition coefficient (Wildman–Crippen LogP) is 2.10. The summed E-state index contributed by atoms with van der Waals surface area (Å²) < 4.78 is 0. The molecule has 1 atom stereocenters. The SMILES string of the molecule is O=C1CC(Br)CN1CCc1cnc2[nH]ccc2c1. The molecule has 5 heteroatoms. The number of pyridine rings is 1. The summed E-state index contributed by atoms with van der Waals surface area (Å²) in [5, 5.41) is 1.12. The lowest BCUT2D eigenvalue weighted by atomic mass is 10.2. The van der Waals surface area contributed by atoms with Gasteiger partial charge >= 0.3 is 0 Å². The molecule has 1 unspecified atom stereocenters. The third-order valence-electron chi connectivity index (χ3n) is 3.29. The maximum absolute atomic E-state index is 11.7. The summed E-state index contributed by atoms with van der Waals surface area (Å²) in [4.78, 5) is 21.3. The van der Waals surface area contributed by atoms with Crippen molar-refractivity contribution in [2.75, 3.05) is 13.1 Å². The Morgan fingerprint density at radius 2 is 2.44 bits per heavy atom. The second-order valence-electron chi connectivity index (χ2n) is 4.65. The maximum atomic E-state index is 11.7. The van der Waals surface area contributed by atoms with Crippen molar-refractivity contribution in [3.05, 3.63) is 30.1 Å². The van der Waals surface area contributed by atoms with Gasteiger partial charge in [-0.05, 0) is 24.1 Å². The smallest absolute Gasteiger partial charge is 0.223 e. The first-order valence-electron chi connectivity index (χ1n) is 6.06. The number of alkyl halides is 1. The van der Waals surface area contributed by atoms with Gasteiger partial charge in [-0.2, -0.15) is 0 Å². The Bertz CT molecular complexity index is 580. The first kappa shape index (κ1) is 11.7. The van der Waals surface area contributed by atoms with Gasteiger partial charge in [0.2, 0.25) is 5.91 Å². The highest BCUT2D eigenvalue weighted by molar-refractivity contribution is 9.09. The van der Waals surface area contributed by atoms with Crippen LogP contribution >= 0.6 is 15.9 Å². The minimum absolute atomic E-state index is 0.243. The lowest BCUT2D eigenvalue weighted by molar-refractivity contribution is -0.127. The van der Waals surface area contributed by atoms with Crippen LogP contribution in [-0.4, -0.2) is 38.7 Å². The molecule has 0 aromatic carbocycles. The molecule has 18 heavy (non-hydrogen) atoms. The molecule has 1 amide bonds. The molecule has 94 valence electrons. The molecular weight excluding hydrogens is 294 g/mol. The number of carbonyl (C=O) groups excluding carboxylic acids is 1. The molecule has 2 aromatic heterocycles. The second kappa shape index (κ2) is 4.72. The van der Waals surface area contributed by atoms with Crippen molar-refractivity contribution in [3.8, 4) is 0 Å². The topological polar surface area (TPSA) is 49.0 Å². The maximum Gasteiger partial charge on any atom is 0.223 e. The highest BCUT2D eigenvalue weighted by Gasteiger charge is 2.26. The molecule has 1 N–H and O–H groups in total. The van der Waals surface area contributed by atoms with Gasteiger partial charge in [-0.25, -0.2) is 4.98 Å². The Morgan fingerprint density at radius 1 is 1.56 bits per heavy atom. The molecule has 0 saturated carbocycles. The van der Waals surface area contributed by atoms with Crippen molar-refractivity contribution in [1.29, 1.82) is 0 Å². The molecule has 0 bridgehead atoms. The minimum atomic E-state index is 0.243. The van der Waals surface area contributed by atoms with E-state index in [0.717, 1.165) is 30.5 Å². The standard InChI is InChI=1S/C13H14BrN3O/c14-11-6-12(18)17(8-11)4-2-9-5-10-1-3-15-13(10)16-7-9/h1,3,5,7,11H,2,4,6,8H2,(H,15,16). The Labute approximate surface area is 114 Å². The van der Waals surface area contributed by atoms with Crippen molar-refractivity contribution >= 4 is 32.9 Å². The molecule has 0 spiro atoms. The van der Waals surface area contributed by atoms with Crippen LogP contribution in [0.5, 0.6) is 0 Å². The van der Waals surface area contributed by atoms with Crippen LogP contribution in [0, 0.1) is 0 Å². The number of amides is 1. The quantitative estimate of drug-likeness (QED) is 0.883. The molecule has 2 aromatic rings. The van der Waals surface area contributed by atoms with Crippen LogP contribution in [0.1, 0.15) is 12.0 Å². The summed E-state index contributed by atoms with van der Waals surface area (Å²) in [5.74, 6) is 0.243. The number of hydrogen-bond acceptors (Lipinski definition) is 2. The molecule has 3 rings (SSSR count). The average Bonchev–Trinajstić information content (AvgIpc) is 2.92. The van der Waals surface area contributed by atoms with Crippen molar-refractivity contribution in [2.24, 2.45) is 0 Å². The molecule has 0 aliphatic carbocycles. The summed E-state index contributed by atoms with van der Waals surface area (Å²) in [6.07, 6.45) is 5.25. The lowest BCUT2D eigenvalue weighted by Gasteiger charge is -2.15. The first-order valence-corrected chi connectivity index (χ1v) is 6.98. The largest absolute Gasteiger partial charge is 0.346 e. The number of carbonyl (C=O) groups is 1. The van der Waals surface area contributed by atoms with E-state index < -0.39 is 0 Å². The molecule has 1 aliphatic heterocycles. The van der Waals surface area contributed by atoms with Crippen LogP contribution in [-0.2, 0) is 11.2 Å². The van der Waals surface area contributed by atoms with E-state index in [-0.39, 0.29) is 5.91 Å². The summed E-state index contributed by atoms with van der Waals surface area (Å²) in [6.45, 7) is 1.59. The Kier molecular flexibility index (Phi) is 3.07. The van der Waals surface area contributed by atoms with E-state index in [4.69, 9.17) is 0 Å². The number of hydrogen-bond donors (Lipinski definition) is 1. The van der Waals surface area contributed by atoms with Crippen molar-refractivity contribution in [1.82, 2.24) is 14.9 Å². The Hall–Kier alpha value is -1.36. The molecular formula is C13H14BrN3O. The molecule has 1 fully saturated rings. The Balaban J connectivity index is 1.67. The fourth-order valence-corrected chi connectivity index (χ4v) is 2.95. The third-order valence-corrected chi connectivity index (χ3v) is 3.91. The van der Waals surface area contributed by atoms with Crippen LogP contribution in [0.2, 0.25) is 0 Å². The summed E-state index contributed by atoms with van der Waals surface area (Å²) in [5.41, 5.74) is 2.09. The number of aromatic nitrogens is 2. The average molecular weight is 308 g/mol. The zero-order chi connectivity index (χ0) is 12.5. The van der Waals surface area contributed by atoms with Crippen LogP contribution in [0.25, 0.3) is 11.0 Å². The number of nitrogens with one attached hydrogen (secondary N) is 1. The van der Waals surface area contributed by atoms with Crippen LogP contribution in [0.3, 0.4) is 0 Å². The zero-order valence-electron chi connectivity index (χ0n) is 9.90. The second-order valence-corrected chi connectivity index (χ2v) is 5.95. The number of rotatable bonds is 3. The minimum Gasteiger partial charge on any atom is -0.346 e. The van der Waals surface area contributed by atoms with Crippen LogP contribution < -0.4 is 0 Å². The van der Waals surface area contributed by atoms with Crippen molar-refractivity contribution in [3.63, 3.8) is 0 Å². The lowest BCUT2D eigenvalue weighted by Crippen LogP contribution is -2.27. The van der Waals surface area contributed by atoms with Gasteiger partial charge in [-0.15, -0.1) is 0 Å². The molecule has 0 radical (unpaired) electrons. The third kappa shape index (κ3) is 2.27. The highest BCUT2D eigenvalue weighted by atomic mass is 79.9. The van der Waals surface area contributed by atoms with E-state index in [2.05, 4.69) is 32.0 Å². The van der Waals surface area contributed by atoms with Crippen LogP contribution in [0.4, 0.5) is 0 Å². The van der Waals surface area contributed by atoms with Gasteiger partial charge in [0.05, 0.1) is 0 Å². The van der Waals surface area contributed by atoms with Gasteiger partial charge in [0.15, 0.2) is 0 Å². The van der Waals surface area contributed by atoms with Gasteiger partial charge in [0, 0.05) is 42.1 Å². The Morgan fingerprint density at radius 3 is 3.22 bits per heavy atom. The van der Waals surface area contributed by atoms with E-state index in [1.54, 1.807) is 0 Å². The summed E-state index contributed by atoms with van der Waals surface area (Å²) in [7, 11) is 0.